The number of hydrogen-bond donors (Lipinski definition) is 0. The second-order valence-electron chi connectivity index (χ2n) is 5.75. The molecule has 0 aliphatic heterocycles. The van der Waals surface area contributed by atoms with E-state index in [9.17, 15) is 0 Å². The Morgan fingerprint density at radius 3 is 2.48 bits per heavy atom. The zero-order chi connectivity index (χ0) is 14.9. The first kappa shape index (κ1) is 15.8. The highest BCUT2D eigenvalue weighted by molar-refractivity contribution is 5.33. The molecule has 1 aromatic carbocycles. The van der Waals surface area contributed by atoms with Gasteiger partial charge in [-0.2, -0.15) is 5.26 Å². The van der Waals surface area contributed by atoms with Crippen LogP contribution in [0.1, 0.15) is 62.5 Å². The average Bonchev–Trinajstić information content (AvgIpc) is 2.55. The summed E-state index contributed by atoms with van der Waals surface area (Å²) in [5.41, 5.74) is 2.12. The van der Waals surface area contributed by atoms with E-state index in [1.54, 1.807) is 0 Å². The Hall–Kier alpha value is -1.59. The Morgan fingerprint density at radius 1 is 1.14 bits per heavy atom. The van der Waals surface area contributed by atoms with Crippen LogP contribution in [0.2, 0.25) is 0 Å². The summed E-state index contributed by atoms with van der Waals surface area (Å²) in [7, 11) is 0. The van der Waals surface area contributed by atoms with Gasteiger partial charge in [0.15, 0.2) is 0 Å². The van der Waals surface area contributed by atoms with E-state index in [-0.39, 0.29) is 0 Å². The van der Waals surface area contributed by atoms with Crippen molar-refractivity contribution in [2.45, 2.75) is 57.5 Å². The van der Waals surface area contributed by atoms with Gasteiger partial charge in [-0.25, -0.2) is 0 Å². The molecule has 112 valence electrons. The maximum absolute atomic E-state index is 8.84. The molecule has 21 heavy (non-hydrogen) atoms. The summed E-state index contributed by atoms with van der Waals surface area (Å²) >= 11 is 0. The molecule has 1 saturated carbocycles. The van der Waals surface area contributed by atoms with Crippen molar-refractivity contribution in [1.82, 2.24) is 0 Å². The van der Waals surface area contributed by atoms with Gasteiger partial charge in [-0.3, -0.25) is 0 Å². The molecule has 0 unspecified atom stereocenters. The second-order valence-corrected chi connectivity index (χ2v) is 5.75. The molecule has 2 nitrogen and oxygen atoms in total. The Balaban J connectivity index is 1.72. The molecule has 2 rings (SSSR count). The van der Waals surface area contributed by atoms with Crippen molar-refractivity contribution in [3.63, 3.8) is 0 Å². The lowest BCUT2D eigenvalue weighted by Crippen LogP contribution is -2.21. The third-order valence-corrected chi connectivity index (χ3v) is 4.23. The fourth-order valence-corrected chi connectivity index (χ4v) is 2.98. The Labute approximate surface area is 128 Å². The zero-order valence-corrected chi connectivity index (χ0v) is 12.9. The summed E-state index contributed by atoms with van der Waals surface area (Å²) in [6.07, 6.45) is 11.7. The number of hydrogen-bond acceptors (Lipinski definition) is 2. The van der Waals surface area contributed by atoms with E-state index in [2.05, 4.69) is 37.3 Å². The minimum absolute atomic E-state index is 0.439. The number of nitrogens with zero attached hydrogens (tertiary/aromatic N) is 1. The van der Waals surface area contributed by atoms with E-state index >= 15 is 0 Å². The second kappa shape index (κ2) is 8.64. The minimum atomic E-state index is 0.439. The predicted octanol–water partition coefficient (Wildman–Crippen LogP) is 4.96. The Morgan fingerprint density at radius 2 is 1.86 bits per heavy atom. The molecule has 0 saturated heterocycles. The third-order valence-electron chi connectivity index (χ3n) is 4.23. The fraction of sp³-hybridized carbons (Fsp3) is 0.526. The lowest BCUT2D eigenvalue weighted by molar-refractivity contribution is 0.0274. The van der Waals surface area contributed by atoms with Gasteiger partial charge in [0.25, 0.3) is 0 Å². The van der Waals surface area contributed by atoms with Gasteiger partial charge in [-0.15, -0.1) is 0 Å². The molecule has 0 amide bonds. The van der Waals surface area contributed by atoms with Crippen molar-refractivity contribution in [2.75, 3.05) is 6.61 Å². The smallest absolute Gasteiger partial charge is 0.0991 e. The molecule has 1 aliphatic rings. The molecule has 0 radical (unpaired) electrons. The number of rotatable bonds is 6. The molecule has 2 heteroatoms. The van der Waals surface area contributed by atoms with Crippen molar-refractivity contribution in [3.8, 4) is 6.07 Å². The van der Waals surface area contributed by atoms with E-state index in [0.29, 0.717) is 12.0 Å². The normalized spacial score (nSPS) is 22.3. The average molecular weight is 283 g/mol. The van der Waals surface area contributed by atoms with Crippen LogP contribution in [0.25, 0.3) is 0 Å². The van der Waals surface area contributed by atoms with Gasteiger partial charge >= 0.3 is 0 Å². The van der Waals surface area contributed by atoms with Crippen LogP contribution in [-0.4, -0.2) is 12.7 Å². The highest BCUT2D eigenvalue weighted by Crippen LogP contribution is 2.34. The number of benzene rings is 1. The summed E-state index contributed by atoms with van der Waals surface area (Å²) < 4.78 is 5.96. The van der Waals surface area contributed by atoms with Gasteiger partial charge in [0, 0.05) is 0 Å². The zero-order valence-electron chi connectivity index (χ0n) is 12.9. The lowest BCUT2D eigenvalue weighted by atomic mass is 9.82. The van der Waals surface area contributed by atoms with Crippen LogP contribution in [-0.2, 0) is 4.74 Å². The number of allylic oxidation sites excluding steroid dienone is 1. The van der Waals surface area contributed by atoms with Gasteiger partial charge in [0.1, 0.15) is 0 Å². The van der Waals surface area contributed by atoms with Gasteiger partial charge in [-0.1, -0.05) is 31.2 Å². The van der Waals surface area contributed by atoms with Crippen LogP contribution in [0.4, 0.5) is 0 Å². The summed E-state index contributed by atoms with van der Waals surface area (Å²) in [6, 6.07) is 10.3. The molecule has 0 spiro atoms. The molecule has 1 aromatic rings. The van der Waals surface area contributed by atoms with Crippen molar-refractivity contribution >= 4 is 0 Å². The SMILES string of the molecule is CCC=CCCOC1CCC(c2ccc(C#N)cc2)CC1. The van der Waals surface area contributed by atoms with Crippen molar-refractivity contribution in [1.29, 1.82) is 5.26 Å². The van der Waals surface area contributed by atoms with Crippen LogP contribution in [0.3, 0.4) is 0 Å². The molecule has 0 aromatic heterocycles. The maximum atomic E-state index is 8.84. The van der Waals surface area contributed by atoms with E-state index < -0.39 is 0 Å². The molecule has 0 heterocycles. The largest absolute Gasteiger partial charge is 0.378 e. The summed E-state index contributed by atoms with van der Waals surface area (Å²) in [5.74, 6) is 0.637. The molecule has 0 N–H and O–H groups in total. The quantitative estimate of drug-likeness (QED) is 0.546. The van der Waals surface area contributed by atoms with E-state index in [4.69, 9.17) is 10.00 Å². The van der Waals surface area contributed by atoms with Crippen LogP contribution in [0.5, 0.6) is 0 Å². The molecule has 1 fully saturated rings. The van der Waals surface area contributed by atoms with Crippen molar-refractivity contribution in [3.05, 3.63) is 47.5 Å². The lowest BCUT2D eigenvalue weighted by Gasteiger charge is -2.28. The van der Waals surface area contributed by atoms with E-state index in [1.165, 1.54) is 18.4 Å². The molecular formula is C19H25NO. The predicted molar refractivity (Wildman–Crippen MR) is 86.2 cm³/mol. The number of nitriles is 1. The Bertz CT molecular complexity index is 475. The Kier molecular flexibility index (Phi) is 6.50. The first-order valence-electron chi connectivity index (χ1n) is 8.10. The topological polar surface area (TPSA) is 33.0 Å². The fourth-order valence-electron chi connectivity index (χ4n) is 2.98. The maximum Gasteiger partial charge on any atom is 0.0991 e. The van der Waals surface area contributed by atoms with Gasteiger partial charge in [0.2, 0.25) is 0 Å². The third kappa shape index (κ3) is 5.02. The molecule has 1 aliphatic carbocycles. The van der Waals surface area contributed by atoms with Crippen LogP contribution < -0.4 is 0 Å². The van der Waals surface area contributed by atoms with Crippen molar-refractivity contribution in [2.24, 2.45) is 0 Å². The van der Waals surface area contributed by atoms with Gasteiger partial charge < -0.3 is 4.74 Å². The van der Waals surface area contributed by atoms with Crippen LogP contribution in [0.15, 0.2) is 36.4 Å². The number of ether oxygens (including phenoxy) is 1. The monoisotopic (exact) mass is 283 g/mol. The minimum Gasteiger partial charge on any atom is -0.378 e. The summed E-state index contributed by atoms with van der Waals surface area (Å²) in [4.78, 5) is 0. The van der Waals surface area contributed by atoms with Crippen LogP contribution >= 0.6 is 0 Å². The van der Waals surface area contributed by atoms with E-state index in [1.807, 2.05) is 12.1 Å². The standard InChI is InChI=1S/C19H25NO/c1-2-3-4-5-14-21-19-12-10-18(11-13-19)17-8-6-16(15-20)7-9-17/h3-4,6-9,18-19H,2,5,10-14H2,1H3. The van der Waals surface area contributed by atoms with Gasteiger partial charge in [-0.05, 0) is 62.1 Å². The van der Waals surface area contributed by atoms with Crippen molar-refractivity contribution < 1.29 is 4.74 Å². The van der Waals surface area contributed by atoms with Gasteiger partial charge in [0.05, 0.1) is 24.3 Å². The molecule has 0 atom stereocenters. The summed E-state index contributed by atoms with van der Waals surface area (Å²) in [5, 5.41) is 8.84. The highest BCUT2D eigenvalue weighted by atomic mass is 16.5. The van der Waals surface area contributed by atoms with E-state index in [0.717, 1.165) is 37.9 Å². The first-order chi connectivity index (χ1) is 10.3. The summed E-state index contributed by atoms with van der Waals surface area (Å²) in [6.45, 7) is 3.00. The molecule has 0 bridgehead atoms. The first-order valence-corrected chi connectivity index (χ1v) is 8.10. The highest BCUT2D eigenvalue weighted by Gasteiger charge is 2.22. The molecular weight excluding hydrogens is 258 g/mol. The van der Waals surface area contributed by atoms with Crippen LogP contribution in [0, 0.1) is 11.3 Å².